The van der Waals surface area contributed by atoms with Gasteiger partial charge in [-0.2, -0.15) is 0 Å². The molecule has 3 aromatic rings. The number of hydrogen-bond acceptors (Lipinski definition) is 5. The maximum Gasteiger partial charge on any atom is 0.258 e. The number of amides is 1. The Balaban J connectivity index is 1.51. The van der Waals surface area contributed by atoms with Crippen LogP contribution in [0.2, 0.25) is 10.0 Å². The summed E-state index contributed by atoms with van der Waals surface area (Å²) in [5.41, 5.74) is 2.27. The van der Waals surface area contributed by atoms with Gasteiger partial charge in [-0.1, -0.05) is 43.1 Å². The highest BCUT2D eigenvalue weighted by atomic mass is 35.5. The van der Waals surface area contributed by atoms with E-state index in [4.69, 9.17) is 37.4 Å². The Morgan fingerprint density at radius 2 is 1.85 bits per heavy atom. The van der Waals surface area contributed by atoms with Gasteiger partial charge in [0.25, 0.3) is 5.91 Å². The third-order valence-electron chi connectivity index (χ3n) is 5.44. The highest BCUT2D eigenvalue weighted by Gasteiger charge is 2.22. The lowest BCUT2D eigenvalue weighted by atomic mass is 9.95. The van der Waals surface area contributed by atoms with Crippen LogP contribution >= 0.6 is 23.2 Å². The van der Waals surface area contributed by atoms with Gasteiger partial charge in [-0.15, -0.1) is 0 Å². The third kappa shape index (κ3) is 5.28. The summed E-state index contributed by atoms with van der Waals surface area (Å²) in [6.45, 7) is 6.99. The van der Waals surface area contributed by atoms with E-state index in [0.717, 1.165) is 23.4 Å². The van der Waals surface area contributed by atoms with E-state index >= 15 is 0 Å². The molecule has 33 heavy (non-hydrogen) atoms. The second-order valence-corrected chi connectivity index (χ2v) is 9.17. The molecule has 0 fully saturated rings. The Kier molecular flexibility index (Phi) is 7.15. The molecule has 6 nitrogen and oxygen atoms in total. The van der Waals surface area contributed by atoms with Crippen molar-refractivity contribution >= 4 is 40.0 Å². The molecule has 0 unspecified atom stereocenters. The summed E-state index contributed by atoms with van der Waals surface area (Å²) in [6, 6.07) is 10.9. The fourth-order valence-electron chi connectivity index (χ4n) is 3.79. The number of ether oxygens (including phenoxy) is 3. The highest BCUT2D eigenvalue weighted by molar-refractivity contribution is 6.39. The lowest BCUT2D eigenvalue weighted by Gasteiger charge is -2.24. The van der Waals surface area contributed by atoms with Crippen molar-refractivity contribution in [1.82, 2.24) is 10.3 Å². The van der Waals surface area contributed by atoms with E-state index < -0.39 is 0 Å². The number of benzene rings is 2. The van der Waals surface area contributed by atoms with Crippen molar-refractivity contribution in [3.05, 3.63) is 57.7 Å². The van der Waals surface area contributed by atoms with Gasteiger partial charge in [-0.3, -0.25) is 4.79 Å². The van der Waals surface area contributed by atoms with E-state index in [1.165, 1.54) is 0 Å². The zero-order valence-corrected chi connectivity index (χ0v) is 20.3. The molecule has 0 aliphatic carbocycles. The molecule has 1 atom stereocenters. The van der Waals surface area contributed by atoms with E-state index in [1.54, 1.807) is 6.07 Å². The molecule has 0 saturated carbocycles. The van der Waals surface area contributed by atoms with Crippen molar-refractivity contribution in [3.8, 4) is 17.2 Å². The number of carbonyl (C=O) groups excluding carboxylic acids is 1. The van der Waals surface area contributed by atoms with Gasteiger partial charge in [0, 0.05) is 17.5 Å². The molecule has 174 valence electrons. The van der Waals surface area contributed by atoms with Gasteiger partial charge in [-0.25, -0.2) is 4.98 Å². The molecule has 0 spiro atoms. The van der Waals surface area contributed by atoms with Crippen molar-refractivity contribution in [2.45, 2.75) is 33.2 Å². The fourth-order valence-corrected chi connectivity index (χ4v) is 4.36. The van der Waals surface area contributed by atoms with Crippen LogP contribution in [-0.4, -0.2) is 30.7 Å². The Morgan fingerprint density at radius 1 is 1.09 bits per heavy atom. The summed E-state index contributed by atoms with van der Waals surface area (Å²) < 4.78 is 17.4. The van der Waals surface area contributed by atoms with Crippen LogP contribution in [0.5, 0.6) is 17.2 Å². The number of nitrogens with one attached hydrogen (secondary N) is 1. The summed E-state index contributed by atoms with van der Waals surface area (Å²) in [5, 5.41) is 4.57. The Labute approximate surface area is 203 Å². The molecule has 1 aromatic heterocycles. The van der Waals surface area contributed by atoms with Crippen molar-refractivity contribution in [2.24, 2.45) is 5.92 Å². The average Bonchev–Trinajstić information content (AvgIpc) is 3.01. The van der Waals surface area contributed by atoms with Gasteiger partial charge >= 0.3 is 0 Å². The predicted molar refractivity (Wildman–Crippen MR) is 130 cm³/mol. The maximum absolute atomic E-state index is 12.8. The molecule has 1 N–H and O–H groups in total. The lowest BCUT2D eigenvalue weighted by molar-refractivity contribution is -0.124. The quantitative estimate of drug-likeness (QED) is 0.467. The van der Waals surface area contributed by atoms with Gasteiger partial charge in [0.15, 0.2) is 23.9 Å². The Morgan fingerprint density at radius 3 is 2.61 bits per heavy atom. The fraction of sp³-hybridized carbons (Fsp3) is 0.360. The standard InChI is InChI=1S/C25H26Cl2N2O4/c1-14(2)23(16-6-8-20-21(11-16)32-10-4-9-31-20)29-22(30)13-33-25-19(27)12-18(26)17-7-5-15(3)28-24(17)25/h5-8,11-12,14,23H,4,9-10,13H2,1-3H3,(H,29,30)/t23-/m0/s1. The Hall–Kier alpha value is -2.70. The normalized spacial score (nSPS) is 14.1. The van der Waals surface area contributed by atoms with E-state index in [1.807, 2.05) is 51.1 Å². The minimum absolute atomic E-state index is 0.142. The second-order valence-electron chi connectivity index (χ2n) is 8.35. The monoisotopic (exact) mass is 488 g/mol. The first-order chi connectivity index (χ1) is 15.8. The van der Waals surface area contributed by atoms with Crippen molar-refractivity contribution in [1.29, 1.82) is 0 Å². The van der Waals surface area contributed by atoms with Gasteiger partial charge < -0.3 is 19.5 Å². The Bertz CT molecular complexity index is 1180. The van der Waals surface area contributed by atoms with Crippen LogP contribution in [0.25, 0.3) is 10.9 Å². The number of pyridine rings is 1. The van der Waals surface area contributed by atoms with Gasteiger partial charge in [0.05, 0.1) is 29.3 Å². The molecule has 4 rings (SSSR count). The first-order valence-corrected chi connectivity index (χ1v) is 11.7. The number of nitrogens with zero attached hydrogens (tertiary/aromatic N) is 1. The number of aromatic nitrogens is 1. The summed E-state index contributed by atoms with van der Waals surface area (Å²) in [4.78, 5) is 17.4. The van der Waals surface area contributed by atoms with Gasteiger partial charge in [-0.05, 0) is 48.7 Å². The number of carbonyl (C=O) groups is 1. The predicted octanol–water partition coefficient (Wildman–Crippen LogP) is 5.90. The van der Waals surface area contributed by atoms with Crippen LogP contribution in [0, 0.1) is 12.8 Å². The number of aryl methyl sites for hydroxylation is 1. The molecule has 1 amide bonds. The first kappa shape index (κ1) is 23.5. The lowest BCUT2D eigenvalue weighted by Crippen LogP contribution is -2.35. The van der Waals surface area contributed by atoms with E-state index in [-0.39, 0.29) is 24.5 Å². The van der Waals surface area contributed by atoms with Crippen LogP contribution in [0.1, 0.15) is 37.6 Å². The van der Waals surface area contributed by atoms with Crippen LogP contribution in [0.4, 0.5) is 0 Å². The molecule has 2 aromatic carbocycles. The highest BCUT2D eigenvalue weighted by Crippen LogP contribution is 2.37. The smallest absolute Gasteiger partial charge is 0.258 e. The van der Waals surface area contributed by atoms with E-state index in [9.17, 15) is 4.79 Å². The van der Waals surface area contributed by atoms with Crippen LogP contribution in [0.15, 0.2) is 36.4 Å². The average molecular weight is 489 g/mol. The molecule has 8 heteroatoms. The maximum atomic E-state index is 12.8. The molecule has 0 radical (unpaired) electrons. The van der Waals surface area contributed by atoms with Crippen molar-refractivity contribution < 1.29 is 19.0 Å². The summed E-state index contributed by atoms with van der Waals surface area (Å²) in [6.07, 6.45) is 0.835. The molecular formula is C25H26Cl2N2O4. The zero-order chi connectivity index (χ0) is 23.5. The first-order valence-electron chi connectivity index (χ1n) is 10.9. The van der Waals surface area contributed by atoms with Gasteiger partial charge in [0.1, 0.15) is 5.52 Å². The number of rotatable bonds is 6. The molecule has 0 bridgehead atoms. The van der Waals surface area contributed by atoms with E-state index in [2.05, 4.69) is 10.3 Å². The number of fused-ring (bicyclic) bond motifs is 2. The van der Waals surface area contributed by atoms with Gasteiger partial charge in [0.2, 0.25) is 0 Å². The topological polar surface area (TPSA) is 69.7 Å². The van der Waals surface area contributed by atoms with Crippen LogP contribution < -0.4 is 19.5 Å². The molecular weight excluding hydrogens is 463 g/mol. The van der Waals surface area contributed by atoms with Crippen molar-refractivity contribution in [3.63, 3.8) is 0 Å². The number of halogens is 2. The molecule has 1 aliphatic rings. The van der Waals surface area contributed by atoms with Crippen LogP contribution in [-0.2, 0) is 4.79 Å². The molecule has 0 saturated heterocycles. The van der Waals surface area contributed by atoms with Crippen molar-refractivity contribution in [2.75, 3.05) is 19.8 Å². The van der Waals surface area contributed by atoms with Crippen LogP contribution in [0.3, 0.4) is 0 Å². The zero-order valence-electron chi connectivity index (χ0n) is 18.8. The summed E-state index contributed by atoms with van der Waals surface area (Å²) >= 11 is 12.7. The SMILES string of the molecule is Cc1ccc2c(Cl)cc(Cl)c(OCC(=O)N[C@H](c3ccc4c(c3)OCCCO4)C(C)C)c2n1. The molecule has 2 heterocycles. The number of hydrogen-bond donors (Lipinski definition) is 1. The second kappa shape index (κ2) is 10.1. The summed E-state index contributed by atoms with van der Waals surface area (Å²) in [5.74, 6) is 1.63. The van der Waals surface area contributed by atoms with E-state index in [0.29, 0.717) is 45.7 Å². The third-order valence-corrected chi connectivity index (χ3v) is 6.03. The minimum Gasteiger partial charge on any atom is -0.490 e. The molecule has 1 aliphatic heterocycles. The minimum atomic E-state index is -0.271. The summed E-state index contributed by atoms with van der Waals surface area (Å²) in [7, 11) is 0. The largest absolute Gasteiger partial charge is 0.490 e.